The SMILES string of the molecule is c1ccc(-c2ccc3c(-c4cc5ccccc5c5ccccc45)cc4c5ccccc5c(-c5cc6ccccc6c6ccccc56)cc4c3c2)cc1. The molecule has 0 bridgehead atoms. The van der Waals surface area contributed by atoms with Crippen molar-refractivity contribution in [2.75, 3.05) is 0 Å². The monoisotopic (exact) mass is 656 g/mol. The van der Waals surface area contributed by atoms with Gasteiger partial charge < -0.3 is 0 Å². The summed E-state index contributed by atoms with van der Waals surface area (Å²) in [5, 5.41) is 17.8. The summed E-state index contributed by atoms with van der Waals surface area (Å²) < 4.78 is 0. The van der Waals surface area contributed by atoms with Crippen molar-refractivity contribution in [1.29, 1.82) is 0 Å². The predicted octanol–water partition coefficient (Wildman–Crippen LogP) is 14.8. The van der Waals surface area contributed by atoms with Gasteiger partial charge in [0.1, 0.15) is 0 Å². The van der Waals surface area contributed by atoms with E-state index in [1.54, 1.807) is 0 Å². The summed E-state index contributed by atoms with van der Waals surface area (Å²) in [7, 11) is 0. The van der Waals surface area contributed by atoms with E-state index in [4.69, 9.17) is 0 Å². The fourth-order valence-corrected chi connectivity index (χ4v) is 8.81. The number of rotatable bonds is 3. The minimum Gasteiger partial charge on any atom is -0.0622 e. The fourth-order valence-electron chi connectivity index (χ4n) is 8.81. The van der Waals surface area contributed by atoms with Gasteiger partial charge in [-0.05, 0) is 139 Å². The Morgan fingerprint density at radius 3 is 1.04 bits per heavy atom. The van der Waals surface area contributed by atoms with Crippen LogP contribution in [-0.4, -0.2) is 0 Å². The molecule has 0 spiro atoms. The summed E-state index contributed by atoms with van der Waals surface area (Å²) in [5.41, 5.74) is 7.51. The third kappa shape index (κ3) is 4.35. The van der Waals surface area contributed by atoms with Crippen molar-refractivity contribution in [3.63, 3.8) is 0 Å². The molecule has 0 saturated heterocycles. The maximum absolute atomic E-state index is 2.48. The number of fused-ring (bicyclic) bond motifs is 11. The molecule has 240 valence electrons. The van der Waals surface area contributed by atoms with Gasteiger partial charge in [-0.2, -0.15) is 0 Å². The molecule has 0 amide bonds. The van der Waals surface area contributed by atoms with Gasteiger partial charge in [0, 0.05) is 0 Å². The summed E-state index contributed by atoms with van der Waals surface area (Å²) in [6.45, 7) is 0. The maximum Gasteiger partial charge on any atom is -0.00921 e. The van der Waals surface area contributed by atoms with Gasteiger partial charge in [-0.15, -0.1) is 0 Å². The van der Waals surface area contributed by atoms with Crippen molar-refractivity contribution in [2.45, 2.75) is 0 Å². The second kappa shape index (κ2) is 11.4. The van der Waals surface area contributed by atoms with Crippen LogP contribution in [0, 0.1) is 0 Å². The van der Waals surface area contributed by atoms with E-state index in [1.807, 2.05) is 0 Å². The zero-order valence-corrected chi connectivity index (χ0v) is 28.5. The molecule has 0 heteroatoms. The van der Waals surface area contributed by atoms with Crippen LogP contribution in [0.5, 0.6) is 0 Å². The molecule has 0 heterocycles. The van der Waals surface area contributed by atoms with Gasteiger partial charge in [0.15, 0.2) is 0 Å². The van der Waals surface area contributed by atoms with E-state index in [9.17, 15) is 0 Å². The van der Waals surface area contributed by atoms with Gasteiger partial charge in [0.2, 0.25) is 0 Å². The molecule has 11 aromatic rings. The molecule has 0 aliphatic carbocycles. The minimum atomic E-state index is 1.22. The molecule has 0 aliphatic rings. The molecule has 11 rings (SSSR count). The van der Waals surface area contributed by atoms with Gasteiger partial charge in [-0.3, -0.25) is 0 Å². The molecule has 0 aliphatic heterocycles. The van der Waals surface area contributed by atoms with Gasteiger partial charge in [0.25, 0.3) is 0 Å². The Bertz CT molecular complexity index is 3220. The minimum absolute atomic E-state index is 1.22. The smallest absolute Gasteiger partial charge is 0.00921 e. The third-order valence-electron chi connectivity index (χ3n) is 11.2. The molecule has 11 aromatic carbocycles. The van der Waals surface area contributed by atoms with Crippen LogP contribution in [0.4, 0.5) is 0 Å². The van der Waals surface area contributed by atoms with E-state index in [1.165, 1.54) is 109 Å². The van der Waals surface area contributed by atoms with Crippen LogP contribution in [0.3, 0.4) is 0 Å². The Labute approximate surface area is 301 Å². The highest BCUT2D eigenvalue weighted by molar-refractivity contribution is 6.27. The van der Waals surface area contributed by atoms with Gasteiger partial charge >= 0.3 is 0 Å². The Morgan fingerprint density at radius 2 is 0.519 bits per heavy atom. The van der Waals surface area contributed by atoms with Crippen LogP contribution in [0.1, 0.15) is 0 Å². The molecule has 0 fully saturated rings. The zero-order valence-electron chi connectivity index (χ0n) is 28.5. The summed E-state index contributed by atoms with van der Waals surface area (Å²) in [6, 6.07) is 72.0. The van der Waals surface area contributed by atoms with E-state index in [0.717, 1.165) is 0 Å². The van der Waals surface area contributed by atoms with Crippen LogP contribution in [0.15, 0.2) is 194 Å². The van der Waals surface area contributed by atoms with Crippen molar-refractivity contribution in [1.82, 2.24) is 0 Å². The van der Waals surface area contributed by atoms with Crippen LogP contribution in [0.25, 0.3) is 109 Å². The van der Waals surface area contributed by atoms with E-state index < -0.39 is 0 Å². The normalized spacial score (nSPS) is 11.8. The average molecular weight is 657 g/mol. The second-order valence-electron chi connectivity index (χ2n) is 14.0. The molecule has 0 saturated carbocycles. The first-order valence-electron chi connectivity index (χ1n) is 18.1. The van der Waals surface area contributed by atoms with Crippen LogP contribution in [-0.2, 0) is 0 Å². The Balaban J connectivity index is 1.31. The summed E-state index contributed by atoms with van der Waals surface area (Å²) in [5.74, 6) is 0. The van der Waals surface area contributed by atoms with Gasteiger partial charge in [-0.1, -0.05) is 164 Å². The number of hydrogen-bond acceptors (Lipinski definition) is 0. The summed E-state index contributed by atoms with van der Waals surface area (Å²) in [6.07, 6.45) is 0. The third-order valence-corrected chi connectivity index (χ3v) is 11.2. The van der Waals surface area contributed by atoms with Crippen molar-refractivity contribution in [3.8, 4) is 33.4 Å². The van der Waals surface area contributed by atoms with Crippen LogP contribution in [0.2, 0.25) is 0 Å². The van der Waals surface area contributed by atoms with Crippen LogP contribution < -0.4 is 0 Å². The van der Waals surface area contributed by atoms with E-state index in [0.29, 0.717) is 0 Å². The summed E-state index contributed by atoms with van der Waals surface area (Å²) >= 11 is 0. The molecule has 0 unspecified atom stereocenters. The lowest BCUT2D eigenvalue weighted by molar-refractivity contribution is 1.65. The predicted molar refractivity (Wildman–Crippen MR) is 225 cm³/mol. The topological polar surface area (TPSA) is 0 Å². The maximum atomic E-state index is 2.48. The molecule has 0 atom stereocenters. The number of benzene rings is 11. The highest BCUT2D eigenvalue weighted by atomic mass is 14.2. The lowest BCUT2D eigenvalue weighted by Gasteiger charge is -2.19. The van der Waals surface area contributed by atoms with Crippen molar-refractivity contribution >= 4 is 75.4 Å². The highest BCUT2D eigenvalue weighted by Gasteiger charge is 2.19. The first-order valence-corrected chi connectivity index (χ1v) is 18.1. The quantitative estimate of drug-likeness (QED) is 0.166. The molecular weight excluding hydrogens is 625 g/mol. The van der Waals surface area contributed by atoms with Crippen molar-refractivity contribution in [3.05, 3.63) is 194 Å². The summed E-state index contributed by atoms with van der Waals surface area (Å²) in [4.78, 5) is 0. The first-order chi connectivity index (χ1) is 25.8. The molecule has 0 radical (unpaired) electrons. The number of hydrogen-bond donors (Lipinski definition) is 0. The first kappa shape index (κ1) is 29.0. The van der Waals surface area contributed by atoms with E-state index >= 15 is 0 Å². The van der Waals surface area contributed by atoms with Gasteiger partial charge in [0.05, 0.1) is 0 Å². The molecule has 0 aromatic heterocycles. The molecule has 0 nitrogen and oxygen atoms in total. The largest absolute Gasteiger partial charge is 0.0622 e. The van der Waals surface area contributed by atoms with Crippen molar-refractivity contribution in [2.24, 2.45) is 0 Å². The van der Waals surface area contributed by atoms with E-state index in [-0.39, 0.29) is 0 Å². The Hall–Kier alpha value is -6.76. The van der Waals surface area contributed by atoms with E-state index in [2.05, 4.69) is 194 Å². The van der Waals surface area contributed by atoms with Gasteiger partial charge in [-0.25, -0.2) is 0 Å². The lowest BCUT2D eigenvalue weighted by atomic mass is 9.84. The molecule has 52 heavy (non-hydrogen) atoms. The fraction of sp³-hybridized carbons (Fsp3) is 0. The molecule has 0 N–H and O–H groups in total. The second-order valence-corrected chi connectivity index (χ2v) is 14.0. The Kier molecular flexibility index (Phi) is 6.35. The highest BCUT2D eigenvalue weighted by Crippen LogP contribution is 2.46. The zero-order chi connectivity index (χ0) is 34.2. The Morgan fingerprint density at radius 1 is 0.173 bits per heavy atom. The lowest BCUT2D eigenvalue weighted by Crippen LogP contribution is -1.92. The standard InChI is InChI=1S/C52H32/c1-2-14-33(15-3-1)34-26-27-45-46(28-34)52-32-49(47-29-35-16-4-6-18-37(35)39-20-8-10-22-41(39)47)43-24-12-13-25-44(43)50(52)31-51(45)48-30-36-17-5-7-19-38(36)40-21-9-11-23-42(40)48/h1-32H. The average Bonchev–Trinajstić information content (AvgIpc) is 3.22. The van der Waals surface area contributed by atoms with Crippen LogP contribution >= 0.6 is 0 Å². The van der Waals surface area contributed by atoms with Crippen molar-refractivity contribution < 1.29 is 0 Å². The molecular formula is C52H32.